The van der Waals surface area contributed by atoms with E-state index in [1.54, 1.807) is 0 Å². The van der Waals surface area contributed by atoms with E-state index < -0.39 is 0 Å². The molecule has 88 valence electrons. The number of nitrogens with zero attached hydrogens (tertiary/aromatic N) is 2. The zero-order valence-corrected chi connectivity index (χ0v) is 9.91. The molecule has 0 fully saturated rings. The van der Waals surface area contributed by atoms with Gasteiger partial charge in [0.15, 0.2) is 0 Å². The van der Waals surface area contributed by atoms with E-state index in [0.29, 0.717) is 5.82 Å². The Morgan fingerprint density at radius 2 is 2.29 bits per heavy atom. The lowest BCUT2D eigenvalue weighted by atomic mass is 9.87. The Balaban J connectivity index is 2.26. The molecule has 1 aliphatic rings. The van der Waals surface area contributed by atoms with Crippen molar-refractivity contribution < 1.29 is 0 Å². The number of nitrogens with two attached hydrogens (primary N) is 1. The van der Waals surface area contributed by atoms with Gasteiger partial charge < -0.3 is 16.0 Å². The normalized spacial score (nSPS) is 22.9. The first-order chi connectivity index (χ1) is 8.13. The van der Waals surface area contributed by atoms with Crippen LogP contribution in [-0.4, -0.2) is 27.5 Å². The summed E-state index contributed by atoms with van der Waals surface area (Å²) in [6.45, 7) is 2.16. The summed E-state index contributed by atoms with van der Waals surface area (Å²) in [6.07, 6.45) is 6.61. The van der Waals surface area contributed by atoms with Crippen molar-refractivity contribution in [3.05, 3.63) is 23.7 Å². The molecule has 2 aromatic heterocycles. The number of nitrogen functional groups attached to an aromatic ring is 1. The van der Waals surface area contributed by atoms with Crippen LogP contribution in [-0.2, 0) is 6.42 Å². The van der Waals surface area contributed by atoms with Crippen molar-refractivity contribution in [1.82, 2.24) is 20.3 Å². The molecule has 1 atom stereocenters. The van der Waals surface area contributed by atoms with E-state index in [2.05, 4.69) is 39.3 Å². The molecule has 0 saturated heterocycles. The van der Waals surface area contributed by atoms with Crippen LogP contribution in [0.2, 0.25) is 0 Å². The number of hydrogen-bond donors (Lipinski definition) is 3. The van der Waals surface area contributed by atoms with Crippen molar-refractivity contribution in [3.8, 4) is 0 Å². The lowest BCUT2D eigenvalue weighted by Crippen LogP contribution is -2.41. The smallest absolute Gasteiger partial charge is 0.143 e. The highest BCUT2D eigenvalue weighted by Crippen LogP contribution is 2.32. The molecule has 0 radical (unpaired) electrons. The summed E-state index contributed by atoms with van der Waals surface area (Å²) in [5.74, 6) is 0.543. The number of rotatable bonds is 1. The molecule has 5 nitrogen and oxygen atoms in total. The van der Waals surface area contributed by atoms with Gasteiger partial charge in [0, 0.05) is 11.2 Å². The zero-order valence-electron chi connectivity index (χ0n) is 9.91. The average Bonchev–Trinajstić information content (AvgIpc) is 2.68. The number of aromatic nitrogens is 3. The van der Waals surface area contributed by atoms with Gasteiger partial charge in [0.05, 0.1) is 5.39 Å². The fourth-order valence-electron chi connectivity index (χ4n) is 2.32. The predicted octanol–water partition coefficient (Wildman–Crippen LogP) is 1.09. The number of nitrogens with one attached hydrogen (secondary N) is 2. The van der Waals surface area contributed by atoms with Crippen molar-refractivity contribution in [2.45, 2.75) is 18.9 Å². The second-order valence-corrected chi connectivity index (χ2v) is 4.68. The average molecular weight is 229 g/mol. The maximum atomic E-state index is 5.94. The molecule has 0 aromatic carbocycles. The van der Waals surface area contributed by atoms with Crippen molar-refractivity contribution in [1.29, 1.82) is 0 Å². The SMILES string of the molecule is CNC1(C)C=Cc2[nH]c3ncnc(N)c3c2C1. The van der Waals surface area contributed by atoms with Gasteiger partial charge in [0.2, 0.25) is 0 Å². The summed E-state index contributed by atoms with van der Waals surface area (Å²) in [7, 11) is 1.96. The van der Waals surface area contributed by atoms with Gasteiger partial charge in [-0.3, -0.25) is 0 Å². The summed E-state index contributed by atoms with van der Waals surface area (Å²) in [5, 5.41) is 4.26. The Bertz CT molecular complexity index is 613. The first-order valence-electron chi connectivity index (χ1n) is 5.62. The third kappa shape index (κ3) is 1.43. The molecular formula is C12H15N5. The Kier molecular flexibility index (Phi) is 2.00. The monoisotopic (exact) mass is 229 g/mol. The topological polar surface area (TPSA) is 79.6 Å². The van der Waals surface area contributed by atoms with Crippen LogP contribution in [0.1, 0.15) is 18.2 Å². The Hall–Kier alpha value is -1.88. The van der Waals surface area contributed by atoms with Crippen LogP contribution in [0.5, 0.6) is 0 Å². The third-order valence-electron chi connectivity index (χ3n) is 3.49. The van der Waals surface area contributed by atoms with E-state index in [-0.39, 0.29) is 5.54 Å². The highest BCUT2D eigenvalue weighted by Gasteiger charge is 2.27. The molecule has 17 heavy (non-hydrogen) atoms. The molecule has 1 aliphatic carbocycles. The Labute approximate surface area is 99.1 Å². The number of fused-ring (bicyclic) bond motifs is 3. The Morgan fingerprint density at radius 3 is 3.06 bits per heavy atom. The first-order valence-corrected chi connectivity index (χ1v) is 5.62. The minimum absolute atomic E-state index is 0.0373. The summed E-state index contributed by atoms with van der Waals surface area (Å²) in [5.41, 5.74) is 8.99. The Morgan fingerprint density at radius 1 is 1.47 bits per heavy atom. The van der Waals surface area contributed by atoms with Gasteiger partial charge in [-0.15, -0.1) is 0 Å². The molecule has 2 aromatic rings. The zero-order chi connectivity index (χ0) is 12.0. The molecule has 3 rings (SSSR count). The van der Waals surface area contributed by atoms with E-state index in [1.165, 1.54) is 11.9 Å². The number of hydrogen-bond acceptors (Lipinski definition) is 4. The second kappa shape index (κ2) is 3.30. The molecule has 0 amide bonds. The van der Waals surface area contributed by atoms with E-state index in [1.807, 2.05) is 7.05 Å². The number of aromatic amines is 1. The van der Waals surface area contributed by atoms with Crippen LogP contribution in [0.3, 0.4) is 0 Å². The maximum absolute atomic E-state index is 5.94. The van der Waals surface area contributed by atoms with Gasteiger partial charge >= 0.3 is 0 Å². The molecule has 0 aliphatic heterocycles. The summed E-state index contributed by atoms with van der Waals surface area (Å²) >= 11 is 0. The molecular weight excluding hydrogens is 214 g/mol. The van der Waals surface area contributed by atoms with E-state index in [4.69, 9.17) is 5.73 Å². The molecule has 5 heteroatoms. The largest absolute Gasteiger partial charge is 0.383 e. The van der Waals surface area contributed by atoms with Crippen LogP contribution in [0.25, 0.3) is 17.1 Å². The fraction of sp³-hybridized carbons (Fsp3) is 0.333. The van der Waals surface area contributed by atoms with Gasteiger partial charge in [-0.1, -0.05) is 6.08 Å². The maximum Gasteiger partial charge on any atom is 0.143 e. The number of anilines is 1. The minimum atomic E-state index is -0.0373. The van der Waals surface area contributed by atoms with Crippen LogP contribution in [0.15, 0.2) is 12.4 Å². The fourth-order valence-corrected chi connectivity index (χ4v) is 2.32. The van der Waals surface area contributed by atoms with Crippen molar-refractivity contribution in [2.75, 3.05) is 12.8 Å². The number of H-pyrrole nitrogens is 1. The van der Waals surface area contributed by atoms with Gasteiger partial charge in [-0.25, -0.2) is 9.97 Å². The molecule has 0 bridgehead atoms. The summed E-state index contributed by atoms with van der Waals surface area (Å²) in [4.78, 5) is 11.6. The number of likely N-dealkylation sites (N-methyl/N-ethyl adjacent to an activating group) is 1. The summed E-state index contributed by atoms with van der Waals surface area (Å²) < 4.78 is 0. The van der Waals surface area contributed by atoms with Gasteiger partial charge in [0.1, 0.15) is 17.8 Å². The van der Waals surface area contributed by atoms with Crippen LogP contribution in [0.4, 0.5) is 5.82 Å². The van der Waals surface area contributed by atoms with Crippen molar-refractivity contribution in [3.63, 3.8) is 0 Å². The standard InChI is InChI=1S/C12H15N5/c1-12(14-2)4-3-8-7(5-12)9-10(13)15-6-16-11(9)17-8/h3-4,6,14H,5H2,1-2H3,(H3,13,15,16,17). The van der Waals surface area contributed by atoms with E-state index >= 15 is 0 Å². The van der Waals surface area contributed by atoms with Gasteiger partial charge in [-0.05, 0) is 32.0 Å². The predicted molar refractivity (Wildman–Crippen MR) is 68.5 cm³/mol. The van der Waals surface area contributed by atoms with Gasteiger partial charge in [-0.2, -0.15) is 0 Å². The molecule has 2 heterocycles. The highest BCUT2D eigenvalue weighted by atomic mass is 15.0. The van der Waals surface area contributed by atoms with E-state index in [0.717, 1.165) is 23.1 Å². The molecule has 0 saturated carbocycles. The lowest BCUT2D eigenvalue weighted by molar-refractivity contribution is 0.475. The minimum Gasteiger partial charge on any atom is -0.383 e. The molecule has 0 spiro atoms. The third-order valence-corrected chi connectivity index (χ3v) is 3.49. The van der Waals surface area contributed by atoms with Crippen molar-refractivity contribution in [2.24, 2.45) is 0 Å². The van der Waals surface area contributed by atoms with Gasteiger partial charge in [0.25, 0.3) is 0 Å². The molecule has 1 unspecified atom stereocenters. The molecule has 4 N–H and O–H groups in total. The van der Waals surface area contributed by atoms with Crippen LogP contribution >= 0.6 is 0 Å². The quantitative estimate of drug-likeness (QED) is 0.684. The van der Waals surface area contributed by atoms with E-state index in [9.17, 15) is 0 Å². The van der Waals surface area contributed by atoms with Crippen LogP contribution in [0, 0.1) is 0 Å². The van der Waals surface area contributed by atoms with Crippen LogP contribution < -0.4 is 11.1 Å². The summed E-state index contributed by atoms with van der Waals surface area (Å²) in [6, 6.07) is 0. The lowest BCUT2D eigenvalue weighted by Gasteiger charge is -2.28. The van der Waals surface area contributed by atoms with Crippen molar-refractivity contribution >= 4 is 22.9 Å². The highest BCUT2D eigenvalue weighted by molar-refractivity contribution is 5.93. The second-order valence-electron chi connectivity index (χ2n) is 4.68. The first kappa shape index (κ1) is 10.3.